The smallest absolute Gasteiger partial charge is 0.338 e. The van der Waals surface area contributed by atoms with E-state index < -0.39 is 28.5 Å². The van der Waals surface area contributed by atoms with Gasteiger partial charge in [-0.1, -0.05) is 44.9 Å². The Hall–Kier alpha value is -3.15. The third-order valence-corrected chi connectivity index (χ3v) is 5.51. The van der Waals surface area contributed by atoms with Crippen molar-refractivity contribution in [1.29, 1.82) is 0 Å². The van der Waals surface area contributed by atoms with Gasteiger partial charge in [0, 0.05) is 5.69 Å². The topological polar surface area (TPSA) is 102 Å². The molecule has 0 atom stereocenters. The van der Waals surface area contributed by atoms with E-state index in [-0.39, 0.29) is 22.4 Å². The lowest BCUT2D eigenvalue weighted by atomic mass is 9.87. The van der Waals surface area contributed by atoms with Crippen molar-refractivity contribution in [1.82, 2.24) is 4.72 Å². The highest BCUT2D eigenvalue weighted by Gasteiger charge is 2.17. The average Bonchev–Trinajstić information content (AvgIpc) is 2.70. The highest BCUT2D eigenvalue weighted by molar-refractivity contribution is 7.89. The minimum Gasteiger partial charge on any atom is -0.452 e. The Kier molecular flexibility index (Phi) is 7.38. The summed E-state index contributed by atoms with van der Waals surface area (Å²) in [4.78, 5) is 24.1. The van der Waals surface area contributed by atoms with Gasteiger partial charge in [0.2, 0.25) is 10.0 Å². The van der Waals surface area contributed by atoms with E-state index in [1.165, 1.54) is 18.2 Å². The fourth-order valence-corrected chi connectivity index (χ4v) is 3.46. The molecule has 0 spiro atoms. The van der Waals surface area contributed by atoms with Gasteiger partial charge in [-0.05, 0) is 41.3 Å². The molecule has 0 radical (unpaired) electrons. The molecule has 2 aromatic carbocycles. The number of ether oxygens (including phenoxy) is 1. The molecule has 0 bridgehead atoms. The maximum Gasteiger partial charge on any atom is 0.338 e. The van der Waals surface area contributed by atoms with Crippen LogP contribution in [0.1, 0.15) is 36.7 Å². The molecule has 0 fully saturated rings. The second kappa shape index (κ2) is 9.57. The van der Waals surface area contributed by atoms with Crippen molar-refractivity contribution in [2.75, 3.05) is 18.5 Å². The fraction of sp³-hybridized carbons (Fsp3) is 0.273. The van der Waals surface area contributed by atoms with Crippen LogP contribution in [0.5, 0.6) is 0 Å². The van der Waals surface area contributed by atoms with Crippen molar-refractivity contribution in [2.24, 2.45) is 0 Å². The zero-order valence-corrected chi connectivity index (χ0v) is 17.9. The number of esters is 1. The molecule has 1 amide bonds. The van der Waals surface area contributed by atoms with Crippen LogP contribution in [-0.4, -0.2) is 33.4 Å². The van der Waals surface area contributed by atoms with Crippen molar-refractivity contribution >= 4 is 27.6 Å². The molecule has 0 unspecified atom stereocenters. The van der Waals surface area contributed by atoms with Gasteiger partial charge < -0.3 is 10.1 Å². The van der Waals surface area contributed by atoms with Crippen molar-refractivity contribution in [3.8, 4) is 12.3 Å². The average molecular weight is 429 g/mol. The predicted octanol–water partition coefficient (Wildman–Crippen LogP) is 2.69. The second-order valence-corrected chi connectivity index (χ2v) is 9.28. The Labute approximate surface area is 176 Å². The zero-order chi connectivity index (χ0) is 22.4. The van der Waals surface area contributed by atoms with E-state index in [0.29, 0.717) is 5.69 Å². The second-order valence-electron chi connectivity index (χ2n) is 7.51. The van der Waals surface area contributed by atoms with Gasteiger partial charge in [0.15, 0.2) is 6.61 Å². The molecule has 0 aliphatic heterocycles. The minimum absolute atomic E-state index is 0.000845. The molecule has 2 N–H and O–H groups in total. The standard InChI is InChI=1S/C22H24N2O5S/c1-5-13-23-30(27,28)19-8-6-7-16(14-19)21(26)29-15-20(25)24-18-11-9-17(10-12-18)22(2,3)4/h1,6-12,14,23H,13,15H2,2-4H3,(H,24,25). The third kappa shape index (κ3) is 6.44. The van der Waals surface area contributed by atoms with E-state index in [4.69, 9.17) is 11.2 Å². The number of sulfonamides is 1. The number of anilines is 1. The molecule has 30 heavy (non-hydrogen) atoms. The molecule has 2 aromatic rings. The molecule has 8 heteroatoms. The lowest BCUT2D eigenvalue weighted by Crippen LogP contribution is -2.24. The highest BCUT2D eigenvalue weighted by atomic mass is 32.2. The summed E-state index contributed by atoms with van der Waals surface area (Å²) >= 11 is 0. The number of carbonyl (C=O) groups is 2. The molecule has 0 aliphatic rings. The van der Waals surface area contributed by atoms with Gasteiger partial charge in [0.25, 0.3) is 5.91 Å². The summed E-state index contributed by atoms with van der Waals surface area (Å²) in [6, 6.07) is 12.7. The molecule has 0 aliphatic carbocycles. The van der Waals surface area contributed by atoms with Gasteiger partial charge >= 0.3 is 5.97 Å². The van der Waals surface area contributed by atoms with Gasteiger partial charge in [0.05, 0.1) is 17.0 Å². The van der Waals surface area contributed by atoms with E-state index in [1.54, 1.807) is 12.1 Å². The van der Waals surface area contributed by atoms with Crippen molar-refractivity contribution < 1.29 is 22.7 Å². The number of nitrogens with one attached hydrogen (secondary N) is 2. The highest BCUT2D eigenvalue weighted by Crippen LogP contribution is 2.23. The Morgan fingerprint density at radius 3 is 2.37 bits per heavy atom. The molecule has 0 saturated heterocycles. The summed E-state index contributed by atoms with van der Waals surface area (Å²) in [6.45, 7) is 5.59. The Morgan fingerprint density at radius 2 is 1.77 bits per heavy atom. The molecule has 0 heterocycles. The molecule has 158 valence electrons. The summed E-state index contributed by atoms with van der Waals surface area (Å²) < 4.78 is 31.4. The molecule has 2 rings (SSSR count). The molecule has 0 aromatic heterocycles. The van der Waals surface area contributed by atoms with E-state index in [0.717, 1.165) is 11.6 Å². The Bertz CT molecular complexity index is 1060. The van der Waals surface area contributed by atoms with E-state index >= 15 is 0 Å². The van der Waals surface area contributed by atoms with Crippen LogP contribution in [-0.2, 0) is 25.0 Å². The predicted molar refractivity (Wildman–Crippen MR) is 115 cm³/mol. The first-order chi connectivity index (χ1) is 14.0. The molecule has 7 nitrogen and oxygen atoms in total. The summed E-state index contributed by atoms with van der Waals surface area (Å²) in [5, 5.41) is 2.65. The summed E-state index contributed by atoms with van der Waals surface area (Å²) in [7, 11) is -3.84. The van der Waals surface area contributed by atoms with Gasteiger partial charge in [-0.25, -0.2) is 13.2 Å². The largest absolute Gasteiger partial charge is 0.452 e. The number of carbonyl (C=O) groups excluding carboxylic acids is 2. The Morgan fingerprint density at radius 1 is 1.10 bits per heavy atom. The Balaban J connectivity index is 1.96. The van der Waals surface area contributed by atoms with Gasteiger partial charge in [0.1, 0.15) is 0 Å². The van der Waals surface area contributed by atoms with Crippen LogP contribution in [0.4, 0.5) is 5.69 Å². The first-order valence-electron chi connectivity index (χ1n) is 9.13. The summed E-state index contributed by atoms with van der Waals surface area (Å²) in [6.07, 6.45) is 5.05. The molecular weight excluding hydrogens is 404 g/mol. The van der Waals surface area contributed by atoms with Crippen LogP contribution >= 0.6 is 0 Å². The number of amides is 1. The number of hydrogen-bond donors (Lipinski definition) is 2. The normalized spacial score (nSPS) is 11.4. The van der Waals surface area contributed by atoms with Gasteiger partial charge in [-0.3, -0.25) is 4.79 Å². The summed E-state index contributed by atoms with van der Waals surface area (Å²) in [5.74, 6) is 0.842. The lowest BCUT2D eigenvalue weighted by Gasteiger charge is -2.19. The van der Waals surface area contributed by atoms with Gasteiger partial charge in [-0.15, -0.1) is 6.42 Å². The number of benzene rings is 2. The number of terminal acetylenes is 1. The monoisotopic (exact) mass is 428 g/mol. The minimum atomic E-state index is -3.84. The SMILES string of the molecule is C#CCNS(=O)(=O)c1cccc(C(=O)OCC(=O)Nc2ccc(C(C)(C)C)cc2)c1. The first-order valence-corrected chi connectivity index (χ1v) is 10.6. The summed E-state index contributed by atoms with van der Waals surface area (Å²) in [5.41, 5.74) is 1.70. The number of rotatable bonds is 7. The van der Waals surface area contributed by atoms with Crippen molar-refractivity contribution in [2.45, 2.75) is 31.1 Å². The van der Waals surface area contributed by atoms with E-state index in [1.807, 2.05) is 12.1 Å². The third-order valence-electron chi connectivity index (χ3n) is 4.11. The first kappa shape index (κ1) is 23.1. The van der Waals surface area contributed by atoms with E-state index in [9.17, 15) is 18.0 Å². The van der Waals surface area contributed by atoms with Crippen molar-refractivity contribution in [3.05, 3.63) is 59.7 Å². The van der Waals surface area contributed by atoms with Crippen LogP contribution in [0.2, 0.25) is 0 Å². The lowest BCUT2D eigenvalue weighted by molar-refractivity contribution is -0.119. The van der Waals surface area contributed by atoms with Crippen LogP contribution in [0.25, 0.3) is 0 Å². The molecule has 0 saturated carbocycles. The van der Waals surface area contributed by atoms with Crippen LogP contribution in [0.15, 0.2) is 53.4 Å². The maximum absolute atomic E-state index is 12.2. The van der Waals surface area contributed by atoms with E-state index in [2.05, 4.69) is 36.7 Å². The quantitative estimate of drug-likeness (QED) is 0.522. The van der Waals surface area contributed by atoms with Crippen LogP contribution in [0.3, 0.4) is 0 Å². The molecular formula is C22H24N2O5S. The maximum atomic E-state index is 12.2. The van der Waals surface area contributed by atoms with Crippen molar-refractivity contribution in [3.63, 3.8) is 0 Å². The van der Waals surface area contributed by atoms with Gasteiger partial charge in [-0.2, -0.15) is 4.72 Å². The zero-order valence-electron chi connectivity index (χ0n) is 17.1. The number of hydrogen-bond acceptors (Lipinski definition) is 5. The fourth-order valence-electron chi connectivity index (χ4n) is 2.48. The van der Waals surface area contributed by atoms with Crippen LogP contribution in [0, 0.1) is 12.3 Å². The van der Waals surface area contributed by atoms with Crippen LogP contribution < -0.4 is 10.0 Å².